The number of hydrogen-bond acceptors (Lipinski definition) is 3. The van der Waals surface area contributed by atoms with Gasteiger partial charge in [-0.25, -0.2) is 5.43 Å². The van der Waals surface area contributed by atoms with E-state index in [4.69, 9.17) is 5.26 Å². The lowest BCUT2D eigenvalue weighted by Crippen LogP contribution is -2.21. The lowest BCUT2D eigenvalue weighted by atomic mass is 10.1. The third kappa shape index (κ3) is 2.62. The van der Waals surface area contributed by atoms with E-state index in [1.807, 2.05) is 30.3 Å². The molecule has 0 amide bonds. The summed E-state index contributed by atoms with van der Waals surface area (Å²) in [6, 6.07) is 11.6. The van der Waals surface area contributed by atoms with Gasteiger partial charge in [0.2, 0.25) is 0 Å². The SMILES string of the molecule is CNNC=C(C#N)c1ccccc1. The molecule has 0 heterocycles. The number of hydrazine groups is 1. The highest BCUT2D eigenvalue weighted by atomic mass is 15.3. The molecule has 66 valence electrons. The summed E-state index contributed by atoms with van der Waals surface area (Å²) in [5.74, 6) is 0. The van der Waals surface area contributed by atoms with Gasteiger partial charge in [0.15, 0.2) is 0 Å². The van der Waals surface area contributed by atoms with Gasteiger partial charge in [-0.1, -0.05) is 30.3 Å². The van der Waals surface area contributed by atoms with Crippen LogP contribution in [0.2, 0.25) is 0 Å². The Morgan fingerprint density at radius 3 is 2.62 bits per heavy atom. The van der Waals surface area contributed by atoms with Crippen molar-refractivity contribution in [1.29, 1.82) is 5.26 Å². The van der Waals surface area contributed by atoms with Gasteiger partial charge in [0, 0.05) is 13.2 Å². The van der Waals surface area contributed by atoms with E-state index in [-0.39, 0.29) is 0 Å². The molecule has 0 saturated heterocycles. The minimum absolute atomic E-state index is 0.606. The molecule has 13 heavy (non-hydrogen) atoms. The number of hydrogen-bond donors (Lipinski definition) is 2. The van der Waals surface area contributed by atoms with Crippen LogP contribution in [0, 0.1) is 11.3 Å². The Kier molecular flexibility index (Phi) is 3.55. The van der Waals surface area contributed by atoms with Crippen LogP contribution < -0.4 is 10.9 Å². The molecule has 1 rings (SSSR count). The summed E-state index contributed by atoms with van der Waals surface area (Å²) in [5, 5.41) is 8.82. The first-order chi connectivity index (χ1) is 6.38. The molecule has 0 bridgehead atoms. The monoisotopic (exact) mass is 173 g/mol. The molecule has 3 nitrogen and oxygen atoms in total. The summed E-state index contributed by atoms with van der Waals surface area (Å²) in [5.41, 5.74) is 7.00. The van der Waals surface area contributed by atoms with Crippen molar-refractivity contribution in [1.82, 2.24) is 10.9 Å². The van der Waals surface area contributed by atoms with Crippen molar-refractivity contribution >= 4 is 5.57 Å². The van der Waals surface area contributed by atoms with Gasteiger partial charge in [0.1, 0.15) is 6.07 Å². The van der Waals surface area contributed by atoms with Crippen LogP contribution in [0.25, 0.3) is 5.57 Å². The first kappa shape index (κ1) is 9.30. The number of benzene rings is 1. The van der Waals surface area contributed by atoms with E-state index in [2.05, 4.69) is 16.9 Å². The average molecular weight is 173 g/mol. The second kappa shape index (κ2) is 4.96. The lowest BCUT2D eigenvalue weighted by Gasteiger charge is -1.99. The molecule has 0 aliphatic carbocycles. The molecule has 0 spiro atoms. The fourth-order valence-electron chi connectivity index (χ4n) is 0.942. The Hall–Kier alpha value is -1.79. The molecular formula is C10H11N3. The molecule has 1 aromatic rings. The van der Waals surface area contributed by atoms with Crippen molar-refractivity contribution in [3.05, 3.63) is 42.1 Å². The molecule has 1 aromatic carbocycles. The quantitative estimate of drug-likeness (QED) is 0.534. The summed E-state index contributed by atoms with van der Waals surface area (Å²) in [6.07, 6.45) is 1.63. The molecule has 0 unspecified atom stereocenters. The highest BCUT2D eigenvalue weighted by Gasteiger charge is 1.96. The number of nitriles is 1. The smallest absolute Gasteiger partial charge is 0.101 e. The Balaban J connectivity index is 2.87. The molecule has 0 aromatic heterocycles. The summed E-state index contributed by atoms with van der Waals surface area (Å²) < 4.78 is 0. The highest BCUT2D eigenvalue weighted by molar-refractivity contribution is 5.76. The lowest BCUT2D eigenvalue weighted by molar-refractivity contribution is 0.732. The van der Waals surface area contributed by atoms with Crippen LogP contribution in [-0.4, -0.2) is 7.05 Å². The van der Waals surface area contributed by atoms with Crippen LogP contribution >= 0.6 is 0 Å². The zero-order valence-corrected chi connectivity index (χ0v) is 7.41. The standard InChI is InChI=1S/C10H11N3/c1-12-13-8-10(7-11)9-5-3-2-4-6-9/h2-6,8,12-13H,1H3. The van der Waals surface area contributed by atoms with Gasteiger partial charge < -0.3 is 5.43 Å². The van der Waals surface area contributed by atoms with Crippen molar-refractivity contribution in [2.75, 3.05) is 7.05 Å². The first-order valence-corrected chi connectivity index (χ1v) is 3.96. The molecule has 0 radical (unpaired) electrons. The molecule has 0 aliphatic heterocycles. The van der Waals surface area contributed by atoms with E-state index in [0.29, 0.717) is 5.57 Å². The Bertz CT molecular complexity index is 322. The molecule has 3 heteroatoms. The number of nitrogens with one attached hydrogen (secondary N) is 2. The fraction of sp³-hybridized carbons (Fsp3) is 0.100. The van der Waals surface area contributed by atoms with E-state index in [9.17, 15) is 0 Å². The summed E-state index contributed by atoms with van der Waals surface area (Å²) >= 11 is 0. The second-order valence-electron chi connectivity index (χ2n) is 2.43. The van der Waals surface area contributed by atoms with Gasteiger partial charge in [-0.05, 0) is 5.56 Å². The zero-order valence-electron chi connectivity index (χ0n) is 7.41. The van der Waals surface area contributed by atoms with Gasteiger partial charge in [0.05, 0.1) is 5.57 Å². The molecule has 0 fully saturated rings. The largest absolute Gasteiger partial charge is 0.328 e. The van der Waals surface area contributed by atoms with Crippen molar-refractivity contribution in [2.24, 2.45) is 0 Å². The highest BCUT2D eigenvalue weighted by Crippen LogP contribution is 2.10. The van der Waals surface area contributed by atoms with Gasteiger partial charge >= 0.3 is 0 Å². The normalized spacial score (nSPS) is 10.6. The van der Waals surface area contributed by atoms with E-state index in [1.165, 1.54) is 0 Å². The molecule has 0 aliphatic rings. The second-order valence-corrected chi connectivity index (χ2v) is 2.43. The van der Waals surface area contributed by atoms with Gasteiger partial charge in [-0.3, -0.25) is 0 Å². The maximum atomic E-state index is 8.82. The number of allylic oxidation sites excluding steroid dienone is 1. The van der Waals surface area contributed by atoms with Crippen molar-refractivity contribution in [2.45, 2.75) is 0 Å². The topological polar surface area (TPSA) is 47.8 Å². The van der Waals surface area contributed by atoms with E-state index < -0.39 is 0 Å². The minimum atomic E-state index is 0.606. The van der Waals surface area contributed by atoms with E-state index in [0.717, 1.165) is 5.56 Å². The summed E-state index contributed by atoms with van der Waals surface area (Å²) in [7, 11) is 1.75. The zero-order chi connectivity index (χ0) is 9.52. The fourth-order valence-corrected chi connectivity index (χ4v) is 0.942. The van der Waals surface area contributed by atoms with Gasteiger partial charge in [-0.2, -0.15) is 5.26 Å². The Morgan fingerprint density at radius 1 is 1.38 bits per heavy atom. The first-order valence-electron chi connectivity index (χ1n) is 3.96. The molecular weight excluding hydrogens is 162 g/mol. The maximum Gasteiger partial charge on any atom is 0.101 e. The summed E-state index contributed by atoms with van der Waals surface area (Å²) in [4.78, 5) is 0. The van der Waals surface area contributed by atoms with Crippen molar-refractivity contribution < 1.29 is 0 Å². The van der Waals surface area contributed by atoms with Crippen molar-refractivity contribution in [3.8, 4) is 6.07 Å². The molecule has 2 N–H and O–H groups in total. The summed E-state index contributed by atoms with van der Waals surface area (Å²) in [6.45, 7) is 0. The van der Waals surface area contributed by atoms with Crippen LogP contribution in [0.1, 0.15) is 5.56 Å². The van der Waals surface area contributed by atoms with Crippen LogP contribution in [0.4, 0.5) is 0 Å². The molecule has 0 saturated carbocycles. The maximum absolute atomic E-state index is 8.82. The van der Waals surface area contributed by atoms with Crippen LogP contribution in [0.3, 0.4) is 0 Å². The van der Waals surface area contributed by atoms with Crippen molar-refractivity contribution in [3.63, 3.8) is 0 Å². The average Bonchev–Trinajstić information content (AvgIpc) is 2.21. The van der Waals surface area contributed by atoms with Gasteiger partial charge in [0.25, 0.3) is 0 Å². The number of rotatable bonds is 3. The predicted molar refractivity (Wildman–Crippen MR) is 52.2 cm³/mol. The Morgan fingerprint density at radius 2 is 2.08 bits per heavy atom. The van der Waals surface area contributed by atoms with Crippen LogP contribution in [0.15, 0.2) is 36.5 Å². The molecule has 0 atom stereocenters. The van der Waals surface area contributed by atoms with Crippen LogP contribution in [0.5, 0.6) is 0 Å². The van der Waals surface area contributed by atoms with Gasteiger partial charge in [-0.15, -0.1) is 0 Å². The van der Waals surface area contributed by atoms with Crippen LogP contribution in [-0.2, 0) is 0 Å². The third-order valence-electron chi connectivity index (χ3n) is 1.57. The third-order valence-corrected chi connectivity index (χ3v) is 1.57. The Labute approximate surface area is 77.7 Å². The van der Waals surface area contributed by atoms with E-state index >= 15 is 0 Å². The number of nitrogens with zero attached hydrogens (tertiary/aromatic N) is 1. The van der Waals surface area contributed by atoms with E-state index in [1.54, 1.807) is 13.2 Å². The minimum Gasteiger partial charge on any atom is -0.328 e. The predicted octanol–water partition coefficient (Wildman–Crippen LogP) is 1.28.